The van der Waals surface area contributed by atoms with Gasteiger partial charge in [-0.1, -0.05) is 6.07 Å². The Hall–Kier alpha value is -6.78. The molecule has 0 atom stereocenters. The Morgan fingerprint density at radius 1 is 0.541 bits per heavy atom. The molecule has 1 N–H and O–H groups in total. The molecular formula is C59H56F4N2O7S2. The molecule has 2 aromatic heterocycles. The summed E-state index contributed by atoms with van der Waals surface area (Å²) in [4.78, 5) is 32.6. The lowest BCUT2D eigenvalue weighted by Crippen LogP contribution is -2.49. The number of phenols is 1. The summed E-state index contributed by atoms with van der Waals surface area (Å²) < 4.78 is 78.8. The van der Waals surface area contributed by atoms with Crippen molar-refractivity contribution in [2.45, 2.75) is 34.6 Å². The van der Waals surface area contributed by atoms with Crippen molar-refractivity contribution in [3.63, 3.8) is 0 Å². The van der Waals surface area contributed by atoms with Gasteiger partial charge in [-0.05, 0) is 166 Å². The maximum atomic E-state index is 13.9. The van der Waals surface area contributed by atoms with E-state index >= 15 is 0 Å². The van der Waals surface area contributed by atoms with Crippen molar-refractivity contribution in [2.75, 3.05) is 65.8 Å². The van der Waals surface area contributed by atoms with Crippen LogP contribution in [0.4, 0.5) is 17.6 Å². The fraction of sp³-hybridized carbons (Fsp3) is 0.288. The van der Waals surface area contributed by atoms with Crippen LogP contribution in [0.25, 0.3) is 20.2 Å². The topological polar surface area (TPSA) is 97.8 Å². The lowest BCUT2D eigenvalue weighted by Gasteiger charge is -2.37. The van der Waals surface area contributed by atoms with Gasteiger partial charge in [0.15, 0.2) is 11.5 Å². The van der Waals surface area contributed by atoms with Gasteiger partial charge in [0.05, 0.1) is 13.3 Å². The summed E-state index contributed by atoms with van der Waals surface area (Å²) in [7, 11) is 0. The van der Waals surface area contributed by atoms with Gasteiger partial charge >= 0.3 is 0 Å². The minimum atomic E-state index is -0.388. The molecule has 2 fully saturated rings. The Balaban J connectivity index is 0.000000182. The maximum Gasteiger partial charge on any atom is 0.207 e. The van der Waals surface area contributed by atoms with Crippen molar-refractivity contribution < 1.29 is 51.2 Å². The van der Waals surface area contributed by atoms with E-state index in [1.807, 2.05) is 49.4 Å². The molecule has 2 aliphatic rings. The first-order chi connectivity index (χ1) is 35.6. The second-order valence-corrected chi connectivity index (χ2v) is 21.2. The number of likely N-dealkylation sites (tertiary alicyclic amines) is 2. The largest absolute Gasteiger partial charge is 0.508 e. The normalized spacial score (nSPS) is 14.1. The van der Waals surface area contributed by atoms with Gasteiger partial charge in [0.25, 0.3) is 0 Å². The van der Waals surface area contributed by atoms with E-state index in [2.05, 4.69) is 9.80 Å². The van der Waals surface area contributed by atoms with Gasteiger partial charge in [-0.2, -0.15) is 0 Å². The Kier molecular flexibility index (Phi) is 16.0. The van der Waals surface area contributed by atoms with Crippen LogP contribution in [-0.4, -0.2) is 92.3 Å². The number of phenolic OH excluding ortho intramolecular Hbond substituents is 1. The van der Waals surface area contributed by atoms with E-state index in [1.165, 1.54) is 46.9 Å². The summed E-state index contributed by atoms with van der Waals surface area (Å²) in [5.74, 6) is 2.64. The lowest BCUT2D eigenvalue weighted by atomic mass is 9.97. The second-order valence-electron chi connectivity index (χ2n) is 19.1. The van der Waals surface area contributed by atoms with E-state index in [0.29, 0.717) is 95.2 Å². The number of aryl methyl sites for hydroxylation is 5. The van der Waals surface area contributed by atoms with Crippen molar-refractivity contribution in [2.24, 2.45) is 11.8 Å². The summed E-state index contributed by atoms with van der Waals surface area (Å²) in [5, 5.41) is 11.5. The average Bonchev–Trinajstić information content (AvgIpc) is 3.87. The number of rotatable bonds is 18. The molecule has 384 valence electrons. The van der Waals surface area contributed by atoms with Crippen LogP contribution in [0.1, 0.15) is 58.3 Å². The summed E-state index contributed by atoms with van der Waals surface area (Å²) in [6.07, 6.45) is 0. The number of thiophene rings is 2. The number of alkyl halides is 2. The molecule has 9 nitrogen and oxygen atoms in total. The van der Waals surface area contributed by atoms with Gasteiger partial charge in [0.2, 0.25) is 11.6 Å². The van der Waals surface area contributed by atoms with E-state index in [4.69, 9.17) is 18.9 Å². The Morgan fingerprint density at radius 2 is 0.919 bits per heavy atom. The molecule has 2 aliphatic heterocycles. The highest BCUT2D eigenvalue weighted by Gasteiger charge is 2.29. The number of ketones is 2. The van der Waals surface area contributed by atoms with Crippen LogP contribution >= 0.6 is 22.7 Å². The minimum absolute atomic E-state index is 0.0911. The van der Waals surface area contributed by atoms with Crippen LogP contribution in [0.5, 0.6) is 40.2 Å². The fourth-order valence-electron chi connectivity index (χ4n) is 9.45. The molecule has 0 amide bonds. The summed E-state index contributed by atoms with van der Waals surface area (Å²) >= 11 is 2.61. The Labute approximate surface area is 435 Å². The molecule has 0 radical (unpaired) electrons. The minimum Gasteiger partial charge on any atom is -0.508 e. The number of carbonyl (C=O) groups is 2. The molecule has 0 bridgehead atoms. The molecule has 0 aliphatic carbocycles. The first-order valence-corrected chi connectivity index (χ1v) is 26.1. The van der Waals surface area contributed by atoms with E-state index in [1.54, 1.807) is 70.2 Å². The smallest absolute Gasteiger partial charge is 0.207 e. The van der Waals surface area contributed by atoms with Gasteiger partial charge in [0.1, 0.15) is 63.4 Å². The summed E-state index contributed by atoms with van der Waals surface area (Å²) in [6.45, 7) is 14.1. The van der Waals surface area contributed by atoms with Gasteiger partial charge < -0.3 is 24.1 Å². The summed E-state index contributed by atoms with van der Waals surface area (Å²) in [6, 6.07) is 30.8. The molecule has 74 heavy (non-hydrogen) atoms. The van der Waals surface area contributed by atoms with E-state index in [9.17, 15) is 32.3 Å². The van der Waals surface area contributed by atoms with E-state index in [-0.39, 0.29) is 54.1 Å². The zero-order valence-electron chi connectivity index (χ0n) is 41.7. The highest BCUT2D eigenvalue weighted by Crippen LogP contribution is 2.45. The third kappa shape index (κ3) is 11.8. The molecule has 0 spiro atoms. The van der Waals surface area contributed by atoms with E-state index < -0.39 is 0 Å². The predicted octanol–water partition coefficient (Wildman–Crippen LogP) is 13.9. The van der Waals surface area contributed by atoms with Crippen LogP contribution in [0, 0.1) is 58.1 Å². The van der Waals surface area contributed by atoms with Crippen LogP contribution in [0.15, 0.2) is 109 Å². The lowest BCUT2D eigenvalue weighted by molar-refractivity contribution is 0.0668. The number of aromatic hydroxyl groups is 1. The van der Waals surface area contributed by atoms with Crippen molar-refractivity contribution in [3.8, 4) is 40.2 Å². The number of fused-ring (bicyclic) bond motifs is 2. The predicted molar refractivity (Wildman–Crippen MR) is 284 cm³/mol. The van der Waals surface area contributed by atoms with Gasteiger partial charge in [0, 0.05) is 82.4 Å². The zero-order valence-corrected chi connectivity index (χ0v) is 43.4. The third-order valence-electron chi connectivity index (χ3n) is 13.2. The van der Waals surface area contributed by atoms with Gasteiger partial charge in [-0.15, -0.1) is 22.7 Å². The molecule has 4 heterocycles. The molecule has 0 saturated carbocycles. The molecule has 0 unspecified atom stereocenters. The van der Waals surface area contributed by atoms with Gasteiger partial charge in [-0.3, -0.25) is 28.2 Å². The van der Waals surface area contributed by atoms with Crippen LogP contribution in [-0.2, 0) is 0 Å². The number of hydrogen-bond acceptors (Lipinski definition) is 11. The molecule has 8 aromatic rings. The van der Waals surface area contributed by atoms with Gasteiger partial charge in [-0.25, -0.2) is 8.78 Å². The highest BCUT2D eigenvalue weighted by molar-refractivity contribution is 7.22. The molecule has 10 rings (SSSR count). The molecular weight excluding hydrogens is 989 g/mol. The first kappa shape index (κ1) is 52.1. The first-order valence-electron chi connectivity index (χ1n) is 24.4. The second kappa shape index (κ2) is 22.8. The zero-order chi connectivity index (χ0) is 52.2. The Morgan fingerprint density at radius 3 is 1.32 bits per heavy atom. The van der Waals surface area contributed by atoms with Crippen molar-refractivity contribution >= 4 is 54.4 Å². The Bertz CT molecular complexity index is 3060. The number of hydrogen-bond donors (Lipinski definition) is 1. The number of ether oxygens (including phenoxy) is 4. The number of nitrogens with zero attached hydrogens (tertiary/aromatic N) is 2. The highest BCUT2D eigenvalue weighted by atomic mass is 32.1. The average molecular weight is 1050 g/mol. The van der Waals surface area contributed by atoms with Crippen molar-refractivity contribution in [1.82, 2.24) is 9.80 Å². The monoisotopic (exact) mass is 1040 g/mol. The molecule has 6 aromatic carbocycles. The summed E-state index contributed by atoms with van der Waals surface area (Å²) in [5.41, 5.74) is 4.32. The molecule has 15 heteroatoms. The SMILES string of the molecule is Cc1cc(F)cc(C)c1C(=O)c1sc2cc(O)ccc2c1Oc1ccc(OCCN2CC(CF)C2)cc1.Cc1ccc2c(Oc3ccc(OCCN4CC(CF)C4)cc3)c(C(=O)c3c(C)cc(F)cc3C)sc2c1. The van der Waals surface area contributed by atoms with Crippen LogP contribution in [0.2, 0.25) is 0 Å². The number of halogens is 4. The quantitative estimate of drug-likeness (QED) is 0.0665. The van der Waals surface area contributed by atoms with Crippen molar-refractivity contribution in [1.29, 1.82) is 0 Å². The van der Waals surface area contributed by atoms with Crippen LogP contribution < -0.4 is 18.9 Å². The van der Waals surface area contributed by atoms with E-state index in [0.717, 1.165) is 60.7 Å². The standard InChI is InChI=1S/C30H29F2NO3S.C29H27F2NO4S/c1-18-4-9-25-26(12-18)37-30(28(34)27-19(2)13-22(32)14-20(27)3)29(25)36-24-7-5-23(6-8-24)35-11-10-33-16-21(15-31)17-33;1-17-11-20(31)12-18(2)26(17)27(34)29-28(24-8-3-21(33)13-25(24)37-29)36-23-6-4-22(5-7-23)35-10-9-32-15-19(14-30)16-32/h4-9,12-14,21H,10-11,15-17H2,1-3H3;3-8,11-13,19,33H,9-10,14-16H2,1-2H3. The third-order valence-corrected chi connectivity index (χ3v) is 15.5. The number of benzene rings is 6. The molecule has 2 saturated heterocycles. The number of carbonyl (C=O) groups excluding carboxylic acids is 2. The van der Waals surface area contributed by atoms with Crippen molar-refractivity contribution in [3.05, 3.63) is 170 Å². The van der Waals surface area contributed by atoms with Crippen LogP contribution in [0.3, 0.4) is 0 Å². The maximum absolute atomic E-state index is 13.9. The fourth-order valence-corrected chi connectivity index (χ4v) is 11.7.